The number of carbonyl (C=O) groups is 3. The number of amides is 1. The van der Waals surface area contributed by atoms with Crippen LogP contribution in [0.15, 0.2) is 27.9 Å². The molecule has 2 bridgehead atoms. The minimum atomic E-state index is -1.49. The highest BCUT2D eigenvalue weighted by Gasteiger charge is 2.74. The van der Waals surface area contributed by atoms with E-state index in [1.807, 2.05) is 0 Å². The standard InChI is InChI=1S/C16H18N2O5/c1-14(2)15(3)6-7-16(14,13(21)22)10(11(15)19)17-18-12(20)9-5-4-8-23-9/h4-5,8H,6-7H2,1-3H3,(H,18,20)(H,21,22)/p-1/b17-10+/t15-,16+/m0/s1. The molecular formula is C16H17N2O5-. The SMILES string of the molecule is CC1(C)[C@@]2(C)CC[C@]1(C(=O)[O-])/C(=N/NC(=O)c1ccco1)C2=O. The molecule has 2 atom stereocenters. The summed E-state index contributed by atoms with van der Waals surface area (Å²) in [7, 11) is 0. The molecule has 1 heterocycles. The van der Waals surface area contributed by atoms with Gasteiger partial charge in [0.25, 0.3) is 0 Å². The molecule has 1 aromatic heterocycles. The summed E-state index contributed by atoms with van der Waals surface area (Å²) in [5, 5.41) is 15.8. The molecule has 2 fully saturated rings. The van der Waals surface area contributed by atoms with Crippen LogP contribution in [0, 0.1) is 16.2 Å². The topological polar surface area (TPSA) is 112 Å². The Morgan fingerprint density at radius 2 is 2.00 bits per heavy atom. The fraction of sp³-hybridized carbons (Fsp3) is 0.500. The summed E-state index contributed by atoms with van der Waals surface area (Å²) in [6.45, 7) is 5.23. The second-order valence-corrected chi connectivity index (χ2v) is 6.86. The summed E-state index contributed by atoms with van der Waals surface area (Å²) in [4.78, 5) is 36.5. The van der Waals surface area contributed by atoms with Crippen LogP contribution in [-0.4, -0.2) is 23.4 Å². The van der Waals surface area contributed by atoms with Gasteiger partial charge in [-0.2, -0.15) is 5.10 Å². The van der Waals surface area contributed by atoms with Gasteiger partial charge in [-0.1, -0.05) is 20.8 Å². The van der Waals surface area contributed by atoms with Gasteiger partial charge in [-0.25, -0.2) is 5.43 Å². The Labute approximate surface area is 132 Å². The van der Waals surface area contributed by atoms with E-state index < -0.39 is 28.1 Å². The van der Waals surface area contributed by atoms with E-state index in [4.69, 9.17) is 4.42 Å². The van der Waals surface area contributed by atoms with Gasteiger partial charge in [0.05, 0.1) is 17.6 Å². The lowest BCUT2D eigenvalue weighted by Crippen LogP contribution is -2.52. The van der Waals surface area contributed by atoms with Crippen molar-refractivity contribution in [3.05, 3.63) is 24.2 Å². The molecule has 1 aromatic rings. The highest BCUT2D eigenvalue weighted by Crippen LogP contribution is 2.69. The van der Waals surface area contributed by atoms with Gasteiger partial charge in [-0.05, 0) is 30.4 Å². The summed E-state index contributed by atoms with van der Waals surface area (Å²) in [6, 6.07) is 2.98. The number of nitrogens with one attached hydrogen (secondary N) is 1. The Morgan fingerprint density at radius 1 is 1.30 bits per heavy atom. The monoisotopic (exact) mass is 317 g/mol. The molecule has 7 heteroatoms. The first-order valence-corrected chi connectivity index (χ1v) is 7.37. The summed E-state index contributed by atoms with van der Waals surface area (Å²) in [6.07, 6.45) is 2.05. The number of carboxylic acid groups (broad SMARTS) is 1. The zero-order valence-electron chi connectivity index (χ0n) is 13.1. The molecule has 0 aromatic carbocycles. The number of hydrogen-bond acceptors (Lipinski definition) is 6. The second kappa shape index (κ2) is 4.53. The molecule has 1 amide bonds. The highest BCUT2D eigenvalue weighted by molar-refractivity contribution is 6.50. The molecule has 23 heavy (non-hydrogen) atoms. The molecule has 7 nitrogen and oxygen atoms in total. The van der Waals surface area contributed by atoms with Gasteiger partial charge in [0.1, 0.15) is 5.71 Å². The van der Waals surface area contributed by atoms with E-state index in [2.05, 4.69) is 10.5 Å². The van der Waals surface area contributed by atoms with Crippen LogP contribution in [0.3, 0.4) is 0 Å². The lowest BCUT2D eigenvalue weighted by Gasteiger charge is -2.39. The molecule has 0 saturated heterocycles. The Morgan fingerprint density at radius 3 is 2.57 bits per heavy atom. The molecule has 0 aliphatic heterocycles. The number of Topliss-reactive ketones (excluding diaryl/α,β-unsaturated/α-hetero) is 1. The lowest BCUT2D eigenvalue weighted by molar-refractivity contribution is -0.318. The van der Waals surface area contributed by atoms with Crippen LogP contribution in [0.5, 0.6) is 0 Å². The number of carboxylic acids is 1. The average Bonchev–Trinajstić information content (AvgIpc) is 3.10. The minimum Gasteiger partial charge on any atom is -0.549 e. The number of ketones is 1. The van der Waals surface area contributed by atoms with Crippen molar-refractivity contribution in [3.8, 4) is 0 Å². The lowest BCUT2D eigenvalue weighted by atomic mass is 9.65. The molecule has 122 valence electrons. The Hall–Kier alpha value is -2.44. The molecular weight excluding hydrogens is 300 g/mol. The Kier molecular flexibility index (Phi) is 3.05. The van der Waals surface area contributed by atoms with Gasteiger partial charge < -0.3 is 14.3 Å². The highest BCUT2D eigenvalue weighted by atomic mass is 16.4. The number of furan rings is 1. The van der Waals surface area contributed by atoms with Gasteiger partial charge in [-0.15, -0.1) is 0 Å². The van der Waals surface area contributed by atoms with Crippen molar-refractivity contribution in [3.63, 3.8) is 0 Å². The molecule has 0 unspecified atom stereocenters. The molecule has 0 radical (unpaired) electrons. The van der Waals surface area contributed by atoms with E-state index in [-0.39, 0.29) is 23.7 Å². The van der Waals surface area contributed by atoms with Crippen molar-refractivity contribution in [2.24, 2.45) is 21.3 Å². The summed E-state index contributed by atoms with van der Waals surface area (Å²) in [5.74, 6) is -2.30. The van der Waals surface area contributed by atoms with Crippen molar-refractivity contribution in [1.82, 2.24) is 5.43 Å². The zero-order valence-corrected chi connectivity index (χ0v) is 13.1. The average molecular weight is 317 g/mol. The first-order chi connectivity index (χ1) is 10.7. The van der Waals surface area contributed by atoms with Crippen molar-refractivity contribution < 1.29 is 23.9 Å². The fourth-order valence-electron chi connectivity index (χ4n) is 3.97. The second-order valence-electron chi connectivity index (χ2n) is 6.86. The van der Waals surface area contributed by atoms with E-state index in [1.54, 1.807) is 20.8 Å². The van der Waals surface area contributed by atoms with Crippen molar-refractivity contribution in [2.75, 3.05) is 0 Å². The number of hydrazone groups is 1. The minimum absolute atomic E-state index is 0.0259. The van der Waals surface area contributed by atoms with E-state index in [9.17, 15) is 19.5 Å². The number of carbonyl (C=O) groups excluding carboxylic acids is 3. The normalized spacial score (nSPS) is 33.2. The smallest absolute Gasteiger partial charge is 0.307 e. The van der Waals surface area contributed by atoms with Crippen LogP contribution in [-0.2, 0) is 9.59 Å². The van der Waals surface area contributed by atoms with Crippen molar-refractivity contribution in [2.45, 2.75) is 33.6 Å². The van der Waals surface area contributed by atoms with Crippen LogP contribution in [0.4, 0.5) is 0 Å². The maximum absolute atomic E-state index is 12.7. The molecule has 2 aliphatic carbocycles. The number of fused-ring (bicyclic) bond motifs is 2. The molecule has 3 rings (SSSR count). The predicted octanol–water partition coefficient (Wildman–Crippen LogP) is 0.511. The molecule has 2 aliphatic rings. The van der Waals surface area contributed by atoms with E-state index in [0.717, 1.165) is 0 Å². The maximum atomic E-state index is 12.7. The summed E-state index contributed by atoms with van der Waals surface area (Å²) in [5.41, 5.74) is -1.09. The third-order valence-corrected chi connectivity index (χ3v) is 5.93. The third-order valence-electron chi connectivity index (χ3n) is 5.93. The number of hydrogen-bond donors (Lipinski definition) is 1. The zero-order chi connectivity index (χ0) is 17.0. The van der Waals surface area contributed by atoms with E-state index in [0.29, 0.717) is 6.42 Å². The van der Waals surface area contributed by atoms with Gasteiger partial charge in [-0.3, -0.25) is 9.59 Å². The summed E-state index contributed by atoms with van der Waals surface area (Å²) < 4.78 is 4.94. The summed E-state index contributed by atoms with van der Waals surface area (Å²) >= 11 is 0. The molecule has 0 spiro atoms. The third kappa shape index (κ3) is 1.64. The fourth-order valence-corrected chi connectivity index (χ4v) is 3.97. The first-order valence-electron chi connectivity index (χ1n) is 7.37. The first kappa shape index (κ1) is 15.5. The quantitative estimate of drug-likeness (QED) is 0.816. The van der Waals surface area contributed by atoms with Crippen molar-refractivity contribution in [1.29, 1.82) is 0 Å². The Balaban J connectivity index is 2.02. The van der Waals surface area contributed by atoms with Crippen LogP contribution in [0.1, 0.15) is 44.2 Å². The Bertz CT molecular complexity index is 734. The largest absolute Gasteiger partial charge is 0.549 e. The van der Waals surface area contributed by atoms with Crippen LogP contribution < -0.4 is 10.5 Å². The number of rotatable bonds is 3. The maximum Gasteiger partial charge on any atom is 0.307 e. The van der Waals surface area contributed by atoms with Gasteiger partial charge in [0, 0.05) is 5.41 Å². The number of nitrogens with zero attached hydrogens (tertiary/aromatic N) is 1. The van der Waals surface area contributed by atoms with E-state index in [1.165, 1.54) is 18.4 Å². The van der Waals surface area contributed by atoms with E-state index >= 15 is 0 Å². The van der Waals surface area contributed by atoms with Crippen LogP contribution >= 0.6 is 0 Å². The van der Waals surface area contributed by atoms with Gasteiger partial charge in [0.2, 0.25) is 0 Å². The van der Waals surface area contributed by atoms with Crippen molar-refractivity contribution >= 4 is 23.4 Å². The van der Waals surface area contributed by atoms with Gasteiger partial charge in [0.15, 0.2) is 11.5 Å². The molecule has 2 saturated carbocycles. The number of aliphatic carboxylic acids is 1. The van der Waals surface area contributed by atoms with Crippen LogP contribution in [0.2, 0.25) is 0 Å². The predicted molar refractivity (Wildman–Crippen MR) is 77.2 cm³/mol. The molecule has 1 N–H and O–H groups in total. The van der Waals surface area contributed by atoms with Gasteiger partial charge >= 0.3 is 5.91 Å². The van der Waals surface area contributed by atoms with Crippen LogP contribution in [0.25, 0.3) is 0 Å².